The van der Waals surface area contributed by atoms with Crippen LogP contribution >= 0.6 is 11.6 Å². The van der Waals surface area contributed by atoms with Gasteiger partial charge in [-0.25, -0.2) is 9.67 Å². The fourth-order valence-electron chi connectivity index (χ4n) is 1.30. The Hall–Kier alpha value is -1.42. The molecule has 0 saturated carbocycles. The molecule has 0 aliphatic rings. The van der Waals surface area contributed by atoms with E-state index >= 15 is 0 Å². The van der Waals surface area contributed by atoms with Crippen LogP contribution in [0.2, 0.25) is 5.02 Å². The first-order valence-electron chi connectivity index (χ1n) is 4.16. The fourth-order valence-corrected chi connectivity index (χ4v) is 1.52. The number of hydrogen-bond donors (Lipinski definition) is 0. The maximum atomic E-state index is 10.5. The Kier molecular flexibility index (Phi) is 2.21. The molecule has 0 aliphatic carbocycles. The zero-order valence-electron chi connectivity index (χ0n) is 7.49. The summed E-state index contributed by atoms with van der Waals surface area (Å²) in [5.74, 6) is 0. The fraction of sp³-hybridized carbons (Fsp3) is 0.222. The van der Waals surface area contributed by atoms with Gasteiger partial charge in [-0.15, -0.1) is 0 Å². The molecule has 14 heavy (non-hydrogen) atoms. The molecule has 0 N–H and O–H groups in total. The highest BCUT2D eigenvalue weighted by Gasteiger charge is 2.10. The summed E-state index contributed by atoms with van der Waals surface area (Å²) < 4.78 is 1.72. The second-order valence-electron chi connectivity index (χ2n) is 2.79. The van der Waals surface area contributed by atoms with Crippen molar-refractivity contribution in [1.82, 2.24) is 14.8 Å². The Bertz CT molecular complexity index is 492. The molecule has 4 nitrogen and oxygen atoms in total. The molecule has 2 aromatic rings. The number of pyridine rings is 1. The lowest BCUT2D eigenvalue weighted by molar-refractivity contribution is 0.562. The number of halogens is 1. The van der Waals surface area contributed by atoms with Crippen LogP contribution in [0, 0.1) is 0 Å². The van der Waals surface area contributed by atoms with Crippen molar-refractivity contribution in [2.24, 2.45) is 0 Å². The highest BCUT2D eigenvalue weighted by Crippen LogP contribution is 2.23. The van der Waals surface area contributed by atoms with Crippen molar-refractivity contribution >= 4 is 28.9 Å². The van der Waals surface area contributed by atoms with Crippen LogP contribution in [0.1, 0.15) is 12.5 Å². The van der Waals surface area contributed by atoms with Gasteiger partial charge in [0.15, 0.2) is 5.65 Å². The molecule has 0 bridgehead atoms. The monoisotopic (exact) mass is 208 g/mol. The minimum Gasteiger partial charge on any atom is -0.285 e. The Morgan fingerprint density at radius 1 is 1.57 bits per heavy atom. The number of aryl methyl sites for hydroxylation is 1. The van der Waals surface area contributed by atoms with Crippen molar-refractivity contribution in [1.29, 1.82) is 0 Å². The van der Waals surface area contributed by atoms with Gasteiger partial charge in [0.1, 0.15) is 0 Å². The molecule has 0 aromatic carbocycles. The first-order chi connectivity index (χ1) is 6.77. The number of hydrogen-bond acceptors (Lipinski definition) is 3. The minimum absolute atomic E-state index is 0.273. The van der Waals surface area contributed by atoms with Crippen molar-refractivity contribution in [2.75, 3.05) is 0 Å². The van der Waals surface area contributed by atoms with Crippen molar-refractivity contribution in [3.8, 4) is 0 Å². The normalized spacial score (nSPS) is 10.7. The zero-order chi connectivity index (χ0) is 10.1. The summed E-state index contributed by atoms with van der Waals surface area (Å²) in [4.78, 5) is 14.6. The van der Waals surface area contributed by atoms with Crippen molar-refractivity contribution < 1.29 is 4.79 Å². The molecule has 0 spiro atoms. The Morgan fingerprint density at radius 3 is 3.00 bits per heavy atom. The van der Waals surface area contributed by atoms with E-state index < -0.39 is 0 Å². The molecule has 0 atom stereocenters. The number of carbonyl (C=O) groups excluding carboxylic acids is 1. The number of nitrogens with zero attached hydrogens (tertiary/aromatic N) is 3. The van der Waals surface area contributed by atoms with Crippen LogP contribution in [0.3, 0.4) is 0 Å². The van der Waals surface area contributed by atoms with Gasteiger partial charge in [-0.2, -0.15) is 5.10 Å². The van der Waals surface area contributed by atoms with Gasteiger partial charge in [-0.3, -0.25) is 4.79 Å². The number of aromatic nitrogens is 3. The maximum absolute atomic E-state index is 10.5. The molecule has 2 rings (SSSR count). The van der Waals surface area contributed by atoms with Crippen molar-refractivity contribution in [3.63, 3.8) is 0 Å². The Balaban J connectivity index is 2.78. The minimum atomic E-state index is 0.273. The third-order valence-electron chi connectivity index (χ3n) is 2.01. The van der Waals surface area contributed by atoms with Crippen LogP contribution in [0.5, 0.6) is 0 Å². The summed E-state index contributed by atoms with van der Waals surface area (Å²) in [6, 6.07) is 0. The highest BCUT2D eigenvalue weighted by atomic mass is 35.5. The van der Waals surface area contributed by atoms with Gasteiger partial charge in [-0.05, 0) is 6.92 Å². The molecule has 2 aromatic heterocycles. The van der Waals surface area contributed by atoms with Gasteiger partial charge in [0.05, 0.1) is 22.2 Å². The number of rotatable bonds is 2. The van der Waals surface area contributed by atoms with E-state index in [4.69, 9.17) is 11.6 Å². The summed E-state index contributed by atoms with van der Waals surface area (Å²) in [7, 11) is 0. The summed E-state index contributed by atoms with van der Waals surface area (Å²) >= 11 is 5.96. The lowest BCUT2D eigenvalue weighted by atomic mass is 10.2. The third kappa shape index (κ3) is 1.19. The number of fused-ring (bicyclic) bond motifs is 1. The van der Waals surface area contributed by atoms with E-state index in [1.807, 2.05) is 6.92 Å². The Morgan fingerprint density at radius 2 is 2.36 bits per heavy atom. The van der Waals surface area contributed by atoms with E-state index in [9.17, 15) is 4.79 Å². The maximum Gasteiger partial charge on any atom is 0.236 e. The molecule has 71 valence electrons. The summed E-state index contributed by atoms with van der Waals surface area (Å²) in [5, 5.41) is 5.14. The van der Waals surface area contributed by atoms with E-state index in [1.54, 1.807) is 17.2 Å². The summed E-state index contributed by atoms with van der Waals surface area (Å²) in [6.07, 6.45) is 4.75. The van der Waals surface area contributed by atoms with E-state index in [1.165, 1.54) is 6.20 Å². The molecule has 2 heterocycles. The van der Waals surface area contributed by atoms with Gasteiger partial charge in [0.25, 0.3) is 0 Å². The topological polar surface area (TPSA) is 47.8 Å². The average Bonchev–Trinajstić information content (AvgIpc) is 2.62. The van der Waals surface area contributed by atoms with Gasteiger partial charge >= 0.3 is 0 Å². The molecule has 1 radical (unpaired) electrons. The van der Waals surface area contributed by atoms with Crippen LogP contribution in [-0.4, -0.2) is 21.1 Å². The summed E-state index contributed by atoms with van der Waals surface area (Å²) in [6.45, 7) is 2.68. The van der Waals surface area contributed by atoms with Gasteiger partial charge in [0, 0.05) is 12.7 Å². The summed E-state index contributed by atoms with van der Waals surface area (Å²) in [5.41, 5.74) is 0.964. The second kappa shape index (κ2) is 3.38. The predicted molar refractivity (Wildman–Crippen MR) is 53.0 cm³/mol. The highest BCUT2D eigenvalue weighted by molar-refractivity contribution is 6.37. The van der Waals surface area contributed by atoms with Gasteiger partial charge in [-0.1, -0.05) is 11.6 Å². The van der Waals surface area contributed by atoms with Crippen molar-refractivity contribution in [3.05, 3.63) is 23.0 Å². The lowest BCUT2D eigenvalue weighted by Crippen LogP contribution is -1.97. The Labute approximate surface area is 85.5 Å². The molecule has 0 amide bonds. The van der Waals surface area contributed by atoms with Crippen LogP contribution in [0.4, 0.5) is 0 Å². The first-order valence-corrected chi connectivity index (χ1v) is 4.54. The molecule has 0 aliphatic heterocycles. The molecular formula is C9H7ClN3O. The molecule has 5 heteroatoms. The molecule has 0 unspecified atom stereocenters. The molecular weight excluding hydrogens is 202 g/mol. The predicted octanol–water partition coefficient (Wildman–Crippen LogP) is 1.56. The first kappa shape index (κ1) is 9.15. The zero-order valence-corrected chi connectivity index (χ0v) is 8.25. The SMILES string of the molecule is CCn1ncc2c(Cl)c([C]=O)cnc21. The average molecular weight is 209 g/mol. The third-order valence-corrected chi connectivity index (χ3v) is 2.42. The largest absolute Gasteiger partial charge is 0.285 e. The van der Waals surface area contributed by atoms with E-state index in [2.05, 4.69) is 10.1 Å². The van der Waals surface area contributed by atoms with E-state index in [0.29, 0.717) is 16.1 Å². The van der Waals surface area contributed by atoms with Crippen molar-refractivity contribution in [2.45, 2.75) is 13.5 Å². The van der Waals surface area contributed by atoms with Crippen LogP contribution in [0.25, 0.3) is 11.0 Å². The second-order valence-corrected chi connectivity index (χ2v) is 3.16. The van der Waals surface area contributed by atoms with Crippen LogP contribution < -0.4 is 0 Å². The van der Waals surface area contributed by atoms with Crippen LogP contribution in [-0.2, 0) is 11.3 Å². The van der Waals surface area contributed by atoms with Gasteiger partial charge < -0.3 is 0 Å². The van der Waals surface area contributed by atoms with Crippen LogP contribution in [0.15, 0.2) is 12.4 Å². The smallest absolute Gasteiger partial charge is 0.236 e. The van der Waals surface area contributed by atoms with Gasteiger partial charge in [0.2, 0.25) is 6.29 Å². The van der Waals surface area contributed by atoms with E-state index in [-0.39, 0.29) is 5.56 Å². The van der Waals surface area contributed by atoms with E-state index in [0.717, 1.165) is 6.54 Å². The molecule has 0 saturated heterocycles. The quantitative estimate of drug-likeness (QED) is 0.753. The standard InChI is InChI=1S/C9H7ClN3O/c1-2-13-9-7(4-12-13)8(10)6(5-14)3-11-9/h3-4H,2H2,1H3. The molecule has 0 fully saturated rings. The lowest BCUT2D eigenvalue weighted by Gasteiger charge is -1.98.